The second kappa shape index (κ2) is 8.29. The van der Waals surface area contributed by atoms with Gasteiger partial charge in [0, 0.05) is 56.4 Å². The number of ether oxygens (including phenoxy) is 1. The largest absolute Gasteiger partial charge is 0.391 e. The Kier molecular flexibility index (Phi) is 5.52. The van der Waals surface area contributed by atoms with Crippen LogP contribution in [0.25, 0.3) is 0 Å². The Hall–Kier alpha value is -1.96. The Balaban J connectivity index is 1.23. The van der Waals surface area contributed by atoms with Crippen LogP contribution in [0.3, 0.4) is 0 Å². The Morgan fingerprint density at radius 1 is 1.00 bits per heavy atom. The number of fused-ring (bicyclic) bond motifs is 1. The number of morpholine rings is 1. The maximum Gasteiger partial charge on any atom is 0.253 e. The molecule has 1 aromatic carbocycles. The number of carbonyl (C=O) groups is 2. The van der Waals surface area contributed by atoms with Gasteiger partial charge in [-0.1, -0.05) is 0 Å². The lowest BCUT2D eigenvalue weighted by Crippen LogP contribution is -2.53. The molecule has 7 nitrogen and oxygen atoms in total. The van der Waals surface area contributed by atoms with Crippen LogP contribution < -0.4 is 4.90 Å². The molecular formula is C23H31N3O4. The first-order valence-corrected chi connectivity index (χ1v) is 11.3. The van der Waals surface area contributed by atoms with Crippen molar-refractivity contribution in [1.82, 2.24) is 9.80 Å². The maximum absolute atomic E-state index is 13.1. The van der Waals surface area contributed by atoms with Gasteiger partial charge in [-0.15, -0.1) is 0 Å². The quantitative estimate of drug-likeness (QED) is 0.810. The number of likely N-dealkylation sites (tertiary alicyclic amines) is 1. The third-order valence-corrected chi connectivity index (χ3v) is 7.41. The van der Waals surface area contributed by atoms with Gasteiger partial charge in [0.15, 0.2) is 0 Å². The second-order valence-electron chi connectivity index (χ2n) is 9.18. The molecule has 0 aromatic heterocycles. The molecule has 1 aromatic rings. The van der Waals surface area contributed by atoms with E-state index in [9.17, 15) is 14.7 Å². The van der Waals surface area contributed by atoms with Gasteiger partial charge < -0.3 is 19.6 Å². The molecule has 3 heterocycles. The van der Waals surface area contributed by atoms with E-state index >= 15 is 0 Å². The molecule has 1 saturated carbocycles. The molecule has 30 heavy (non-hydrogen) atoms. The van der Waals surface area contributed by atoms with Crippen molar-refractivity contribution in [3.8, 4) is 0 Å². The van der Waals surface area contributed by atoms with Gasteiger partial charge >= 0.3 is 0 Å². The lowest BCUT2D eigenvalue weighted by molar-refractivity contribution is -0.117. The van der Waals surface area contributed by atoms with Gasteiger partial charge in [-0.2, -0.15) is 0 Å². The number of carbonyl (C=O) groups excluding carboxylic acids is 2. The van der Waals surface area contributed by atoms with Crippen LogP contribution in [0.5, 0.6) is 0 Å². The van der Waals surface area contributed by atoms with E-state index in [-0.39, 0.29) is 24.0 Å². The summed E-state index contributed by atoms with van der Waals surface area (Å²) < 4.78 is 5.46. The molecule has 162 valence electrons. The first-order chi connectivity index (χ1) is 14.6. The minimum atomic E-state index is -0.323. The molecule has 3 saturated heterocycles. The monoisotopic (exact) mass is 413 g/mol. The minimum Gasteiger partial charge on any atom is -0.391 e. The van der Waals surface area contributed by atoms with Crippen molar-refractivity contribution in [1.29, 1.82) is 0 Å². The van der Waals surface area contributed by atoms with Crippen molar-refractivity contribution >= 4 is 17.5 Å². The zero-order valence-corrected chi connectivity index (χ0v) is 17.4. The summed E-state index contributed by atoms with van der Waals surface area (Å²) in [6, 6.07) is 7.64. The summed E-state index contributed by atoms with van der Waals surface area (Å²) in [4.78, 5) is 31.2. The Morgan fingerprint density at radius 2 is 1.70 bits per heavy atom. The van der Waals surface area contributed by atoms with Crippen molar-refractivity contribution in [3.63, 3.8) is 0 Å². The predicted molar refractivity (Wildman–Crippen MR) is 112 cm³/mol. The summed E-state index contributed by atoms with van der Waals surface area (Å²) in [5, 5.41) is 10.7. The third kappa shape index (κ3) is 3.74. The fourth-order valence-corrected chi connectivity index (χ4v) is 5.76. The number of aliphatic hydroxyl groups excluding tert-OH is 1. The Bertz CT molecular complexity index is 792. The van der Waals surface area contributed by atoms with Crippen molar-refractivity contribution in [2.24, 2.45) is 11.8 Å². The summed E-state index contributed by atoms with van der Waals surface area (Å²) >= 11 is 0. The van der Waals surface area contributed by atoms with Crippen molar-refractivity contribution < 1.29 is 19.4 Å². The third-order valence-electron chi connectivity index (χ3n) is 7.41. The van der Waals surface area contributed by atoms with Gasteiger partial charge in [0.1, 0.15) is 0 Å². The smallest absolute Gasteiger partial charge is 0.253 e. The summed E-state index contributed by atoms with van der Waals surface area (Å²) in [6.45, 7) is 5.49. The van der Waals surface area contributed by atoms with Gasteiger partial charge in [-0.05, 0) is 55.4 Å². The van der Waals surface area contributed by atoms with Crippen LogP contribution in [-0.2, 0) is 9.53 Å². The number of anilines is 1. The van der Waals surface area contributed by atoms with E-state index in [1.54, 1.807) is 4.90 Å². The van der Waals surface area contributed by atoms with Gasteiger partial charge in [-0.25, -0.2) is 0 Å². The molecule has 7 heteroatoms. The molecule has 5 rings (SSSR count). The first kappa shape index (κ1) is 20.0. The zero-order chi connectivity index (χ0) is 20.7. The van der Waals surface area contributed by atoms with Crippen molar-refractivity contribution in [2.45, 2.75) is 37.8 Å². The van der Waals surface area contributed by atoms with E-state index in [2.05, 4.69) is 4.90 Å². The van der Waals surface area contributed by atoms with Crippen molar-refractivity contribution in [3.05, 3.63) is 29.8 Å². The van der Waals surface area contributed by atoms with Crippen LogP contribution in [0.2, 0.25) is 0 Å². The topological polar surface area (TPSA) is 73.3 Å². The fraction of sp³-hybridized carbons (Fsp3) is 0.652. The molecular weight excluding hydrogens is 382 g/mol. The molecule has 0 radical (unpaired) electrons. The molecule has 4 aliphatic rings. The van der Waals surface area contributed by atoms with Gasteiger partial charge in [0.2, 0.25) is 5.91 Å². The highest BCUT2D eigenvalue weighted by Gasteiger charge is 2.44. The van der Waals surface area contributed by atoms with Gasteiger partial charge in [0.25, 0.3) is 5.91 Å². The average Bonchev–Trinajstić information content (AvgIpc) is 3.39. The molecule has 0 bridgehead atoms. The van der Waals surface area contributed by atoms with Crippen LogP contribution in [0.1, 0.15) is 36.0 Å². The molecule has 4 atom stereocenters. The van der Waals surface area contributed by atoms with Crippen LogP contribution in [0.4, 0.5) is 5.69 Å². The first-order valence-electron chi connectivity index (χ1n) is 11.3. The predicted octanol–water partition coefficient (Wildman–Crippen LogP) is 1.36. The van der Waals surface area contributed by atoms with E-state index in [1.165, 1.54) is 0 Å². The highest BCUT2D eigenvalue weighted by Crippen LogP contribution is 2.39. The maximum atomic E-state index is 13.1. The minimum absolute atomic E-state index is 0.0566. The average molecular weight is 414 g/mol. The van der Waals surface area contributed by atoms with Gasteiger partial charge in [0.05, 0.1) is 19.3 Å². The highest BCUT2D eigenvalue weighted by atomic mass is 16.5. The van der Waals surface area contributed by atoms with E-state index < -0.39 is 0 Å². The number of rotatable bonds is 3. The lowest BCUT2D eigenvalue weighted by atomic mass is 9.77. The number of nitrogens with zero attached hydrogens (tertiary/aromatic N) is 3. The molecule has 0 unspecified atom stereocenters. The second-order valence-corrected chi connectivity index (χ2v) is 9.18. The Morgan fingerprint density at radius 3 is 2.37 bits per heavy atom. The summed E-state index contributed by atoms with van der Waals surface area (Å²) in [7, 11) is 0. The molecule has 4 fully saturated rings. The summed E-state index contributed by atoms with van der Waals surface area (Å²) in [5.41, 5.74) is 1.55. The molecule has 1 aliphatic carbocycles. The SMILES string of the molecule is O=C(c1ccc(N2CCCC2=O)cc1)N1C[C@H]2C[C@@H](N3CCOCC3)[C@H](O)C[C@H]2C1. The van der Waals surface area contributed by atoms with E-state index in [0.29, 0.717) is 23.8 Å². The van der Waals surface area contributed by atoms with Gasteiger partial charge in [-0.3, -0.25) is 14.5 Å². The fourth-order valence-electron chi connectivity index (χ4n) is 5.76. The zero-order valence-electron chi connectivity index (χ0n) is 17.4. The van der Waals surface area contributed by atoms with E-state index in [4.69, 9.17) is 4.74 Å². The van der Waals surface area contributed by atoms with Crippen LogP contribution in [-0.4, -0.2) is 84.8 Å². The number of hydrogen-bond donors (Lipinski definition) is 1. The van der Waals surface area contributed by atoms with Crippen LogP contribution in [0, 0.1) is 11.8 Å². The Labute approximate surface area is 177 Å². The normalized spacial score (nSPS) is 32.5. The van der Waals surface area contributed by atoms with Crippen molar-refractivity contribution in [2.75, 3.05) is 50.8 Å². The lowest BCUT2D eigenvalue weighted by Gasteiger charge is -2.43. The molecule has 1 N–H and O–H groups in total. The summed E-state index contributed by atoms with van der Waals surface area (Å²) in [5.74, 6) is 1.04. The highest BCUT2D eigenvalue weighted by molar-refractivity contribution is 5.97. The van der Waals surface area contributed by atoms with Crippen LogP contribution in [0.15, 0.2) is 24.3 Å². The summed E-state index contributed by atoms with van der Waals surface area (Å²) in [6.07, 6.45) is 2.90. The van der Waals surface area contributed by atoms with Crippen LogP contribution >= 0.6 is 0 Å². The molecule has 2 amide bonds. The van der Waals surface area contributed by atoms with E-state index in [1.807, 2.05) is 29.2 Å². The van der Waals surface area contributed by atoms with E-state index in [0.717, 1.165) is 70.9 Å². The number of aliphatic hydroxyl groups is 1. The number of amides is 2. The molecule has 3 aliphatic heterocycles. The number of benzene rings is 1. The number of hydrogen-bond acceptors (Lipinski definition) is 5. The molecule has 0 spiro atoms. The standard InChI is InChI=1S/C23H31N3O4/c27-21-13-18-15-25(14-17(18)12-20(21)24-8-10-30-11-9-24)23(29)16-3-5-19(6-4-16)26-7-1-2-22(26)28/h3-6,17-18,20-21,27H,1-2,7-15H2/t17-,18+,20-,21-/m1/s1.